The largest absolute Gasteiger partial charge is 0.478 e. The molecule has 0 spiro atoms. The van der Waals surface area contributed by atoms with Crippen molar-refractivity contribution in [3.8, 4) is 0 Å². The summed E-state index contributed by atoms with van der Waals surface area (Å²) < 4.78 is 0. The summed E-state index contributed by atoms with van der Waals surface area (Å²) in [5, 5.41) is 9.02. The molecule has 1 atom stereocenters. The Morgan fingerprint density at radius 1 is 1.00 bits per heavy atom. The second-order valence-corrected chi connectivity index (χ2v) is 9.54. The van der Waals surface area contributed by atoms with Crippen LogP contribution in [0.25, 0.3) is 6.08 Å². The fraction of sp³-hybridized carbons (Fsp3) is 0.423. The van der Waals surface area contributed by atoms with Crippen LogP contribution in [0.5, 0.6) is 0 Å². The van der Waals surface area contributed by atoms with Crippen molar-refractivity contribution in [3.63, 3.8) is 0 Å². The highest BCUT2D eigenvalue weighted by Gasteiger charge is 2.37. The minimum atomic E-state index is -0.920. The van der Waals surface area contributed by atoms with E-state index in [1.807, 2.05) is 18.2 Å². The van der Waals surface area contributed by atoms with Crippen LogP contribution in [0.2, 0.25) is 0 Å². The summed E-state index contributed by atoms with van der Waals surface area (Å²) in [6, 6.07) is 12.9. The molecule has 0 radical (unpaired) electrons. The van der Waals surface area contributed by atoms with Crippen LogP contribution < -0.4 is 0 Å². The molecule has 2 heteroatoms. The van der Waals surface area contributed by atoms with Gasteiger partial charge in [-0.1, -0.05) is 71.0 Å². The molecule has 0 aliphatic heterocycles. The zero-order chi connectivity index (χ0) is 20.7. The molecular weight excluding hydrogens is 344 g/mol. The zero-order valence-electron chi connectivity index (χ0n) is 18.0. The topological polar surface area (TPSA) is 37.3 Å². The van der Waals surface area contributed by atoms with Crippen LogP contribution in [0.1, 0.15) is 86.8 Å². The number of hydrogen-bond donors (Lipinski definition) is 1. The minimum absolute atomic E-state index is 0.176. The molecule has 1 N–H and O–H groups in total. The van der Waals surface area contributed by atoms with Gasteiger partial charge in [-0.05, 0) is 70.1 Å². The van der Waals surface area contributed by atoms with E-state index >= 15 is 0 Å². The van der Waals surface area contributed by atoms with E-state index in [0.29, 0.717) is 0 Å². The maximum absolute atomic E-state index is 11.0. The highest BCUT2D eigenvalue weighted by Crippen LogP contribution is 2.47. The average Bonchev–Trinajstić information content (AvgIpc) is 2.63. The SMILES string of the molecule is Cc1cc2c(cc1C(C)c1ccccc1C=CC(=O)O)C(C)(C)CCC2(C)C. The normalized spacial score (nSPS) is 18.6. The summed E-state index contributed by atoms with van der Waals surface area (Å²) in [6.07, 6.45) is 5.33. The summed E-state index contributed by atoms with van der Waals surface area (Å²) in [6.45, 7) is 13.9. The van der Waals surface area contributed by atoms with E-state index in [1.54, 1.807) is 6.08 Å². The van der Waals surface area contributed by atoms with Crippen molar-refractivity contribution in [2.24, 2.45) is 0 Å². The van der Waals surface area contributed by atoms with Gasteiger partial charge in [-0.15, -0.1) is 0 Å². The fourth-order valence-electron chi connectivity index (χ4n) is 4.59. The van der Waals surface area contributed by atoms with E-state index < -0.39 is 5.97 Å². The number of fused-ring (bicyclic) bond motifs is 1. The Hall–Kier alpha value is -2.35. The lowest BCUT2D eigenvalue weighted by Gasteiger charge is -2.42. The van der Waals surface area contributed by atoms with Crippen molar-refractivity contribution in [1.82, 2.24) is 0 Å². The van der Waals surface area contributed by atoms with Crippen LogP contribution in [0.15, 0.2) is 42.5 Å². The first-order valence-corrected chi connectivity index (χ1v) is 10.2. The highest BCUT2D eigenvalue weighted by atomic mass is 16.4. The van der Waals surface area contributed by atoms with Crippen molar-refractivity contribution < 1.29 is 9.90 Å². The molecular formula is C26H32O2. The van der Waals surface area contributed by atoms with Gasteiger partial charge in [-0.25, -0.2) is 4.79 Å². The number of carboxylic acids is 1. The van der Waals surface area contributed by atoms with E-state index in [9.17, 15) is 4.79 Å². The molecule has 28 heavy (non-hydrogen) atoms. The van der Waals surface area contributed by atoms with Gasteiger partial charge in [0, 0.05) is 12.0 Å². The number of benzene rings is 2. The molecule has 1 aliphatic rings. The minimum Gasteiger partial charge on any atom is -0.478 e. The fourth-order valence-corrected chi connectivity index (χ4v) is 4.59. The van der Waals surface area contributed by atoms with E-state index in [4.69, 9.17) is 5.11 Å². The standard InChI is InChI=1S/C26H32O2/c1-17-15-22-23(26(5,6)14-13-25(22,3)4)16-21(17)18(2)20-10-8-7-9-19(20)11-12-24(27)28/h7-12,15-16,18H,13-14H2,1-6H3,(H,27,28). The third-order valence-corrected chi connectivity index (χ3v) is 6.57. The Morgan fingerprint density at radius 2 is 1.57 bits per heavy atom. The Labute approximate surface area is 169 Å². The molecule has 1 unspecified atom stereocenters. The predicted octanol–water partition coefficient (Wildman–Crippen LogP) is 6.59. The Balaban J connectivity index is 2.12. The van der Waals surface area contributed by atoms with Gasteiger partial charge in [0.05, 0.1) is 0 Å². The Morgan fingerprint density at radius 3 is 2.18 bits per heavy atom. The highest BCUT2D eigenvalue weighted by molar-refractivity contribution is 5.85. The molecule has 0 aromatic heterocycles. The molecule has 0 saturated carbocycles. The Bertz CT molecular complexity index is 931. The van der Waals surface area contributed by atoms with Crippen LogP contribution >= 0.6 is 0 Å². The molecule has 0 saturated heterocycles. The summed E-state index contributed by atoms with van der Waals surface area (Å²) in [7, 11) is 0. The molecule has 2 nitrogen and oxygen atoms in total. The first-order valence-electron chi connectivity index (χ1n) is 10.2. The average molecular weight is 377 g/mol. The van der Waals surface area contributed by atoms with Crippen molar-refractivity contribution in [3.05, 3.63) is 75.9 Å². The van der Waals surface area contributed by atoms with Crippen molar-refractivity contribution in [2.75, 3.05) is 0 Å². The monoisotopic (exact) mass is 376 g/mol. The van der Waals surface area contributed by atoms with Crippen molar-refractivity contribution in [1.29, 1.82) is 0 Å². The van der Waals surface area contributed by atoms with Crippen LogP contribution in [-0.4, -0.2) is 11.1 Å². The molecule has 0 amide bonds. The summed E-state index contributed by atoms with van der Waals surface area (Å²) in [5.74, 6) is -0.725. The van der Waals surface area contributed by atoms with E-state index in [2.05, 4.69) is 59.7 Å². The molecule has 0 heterocycles. The smallest absolute Gasteiger partial charge is 0.328 e. The lowest BCUT2D eigenvalue weighted by Crippen LogP contribution is -2.34. The number of carbonyl (C=O) groups is 1. The summed E-state index contributed by atoms with van der Waals surface area (Å²) in [4.78, 5) is 11.0. The lowest BCUT2D eigenvalue weighted by molar-refractivity contribution is -0.131. The predicted molar refractivity (Wildman–Crippen MR) is 117 cm³/mol. The summed E-state index contributed by atoms with van der Waals surface area (Å²) in [5.41, 5.74) is 8.11. The quantitative estimate of drug-likeness (QED) is 0.611. The molecule has 3 rings (SSSR count). The van der Waals surface area contributed by atoms with Crippen LogP contribution in [0, 0.1) is 6.92 Å². The number of aryl methyl sites for hydroxylation is 1. The van der Waals surface area contributed by atoms with Crippen molar-refractivity contribution >= 4 is 12.0 Å². The van der Waals surface area contributed by atoms with Crippen LogP contribution in [0.3, 0.4) is 0 Å². The van der Waals surface area contributed by atoms with E-state index in [-0.39, 0.29) is 16.7 Å². The first kappa shape index (κ1) is 20.4. The zero-order valence-corrected chi connectivity index (χ0v) is 18.0. The second kappa shape index (κ2) is 7.24. The van der Waals surface area contributed by atoms with Gasteiger partial charge in [0.25, 0.3) is 0 Å². The lowest BCUT2D eigenvalue weighted by atomic mass is 9.62. The molecule has 2 aromatic carbocycles. The van der Waals surface area contributed by atoms with Gasteiger partial charge in [0.15, 0.2) is 0 Å². The molecule has 148 valence electrons. The number of aliphatic carboxylic acids is 1. The summed E-state index contributed by atoms with van der Waals surface area (Å²) >= 11 is 0. The van der Waals surface area contributed by atoms with Gasteiger partial charge in [0.2, 0.25) is 0 Å². The van der Waals surface area contributed by atoms with Gasteiger partial charge >= 0.3 is 5.97 Å². The van der Waals surface area contributed by atoms with Gasteiger partial charge in [-0.3, -0.25) is 0 Å². The van der Waals surface area contributed by atoms with Crippen LogP contribution in [-0.2, 0) is 15.6 Å². The first-order chi connectivity index (χ1) is 13.0. The van der Waals surface area contributed by atoms with E-state index in [1.165, 1.54) is 41.2 Å². The van der Waals surface area contributed by atoms with Gasteiger partial charge < -0.3 is 5.11 Å². The molecule has 1 aliphatic carbocycles. The maximum Gasteiger partial charge on any atom is 0.328 e. The third-order valence-electron chi connectivity index (χ3n) is 6.57. The number of rotatable bonds is 4. The molecule has 0 fully saturated rings. The second-order valence-electron chi connectivity index (χ2n) is 9.54. The van der Waals surface area contributed by atoms with E-state index in [0.717, 1.165) is 11.1 Å². The molecule has 2 aromatic rings. The third kappa shape index (κ3) is 3.78. The Kier molecular flexibility index (Phi) is 5.27. The maximum atomic E-state index is 11.0. The van der Waals surface area contributed by atoms with Crippen molar-refractivity contribution in [2.45, 2.75) is 71.1 Å². The number of hydrogen-bond acceptors (Lipinski definition) is 1. The van der Waals surface area contributed by atoms with Gasteiger partial charge in [-0.2, -0.15) is 0 Å². The molecule has 0 bridgehead atoms. The number of carboxylic acid groups (broad SMARTS) is 1. The van der Waals surface area contributed by atoms with Gasteiger partial charge in [0.1, 0.15) is 0 Å². The van der Waals surface area contributed by atoms with Crippen LogP contribution in [0.4, 0.5) is 0 Å².